The third-order valence-corrected chi connectivity index (χ3v) is 11.1. The van der Waals surface area contributed by atoms with Gasteiger partial charge in [-0.15, -0.1) is 11.3 Å². The Kier molecular flexibility index (Phi) is 5.26. The van der Waals surface area contributed by atoms with Gasteiger partial charge < -0.3 is 0 Å². The maximum Gasteiger partial charge on any atom is 0.235 e. The molecule has 0 amide bonds. The zero-order chi connectivity index (χ0) is 31.3. The lowest BCUT2D eigenvalue weighted by Crippen LogP contribution is -2.02. The highest BCUT2D eigenvalue weighted by atomic mass is 32.1. The lowest BCUT2D eigenvalue weighted by molar-refractivity contribution is 1.02. The summed E-state index contributed by atoms with van der Waals surface area (Å²) >= 11 is 1.78. The van der Waals surface area contributed by atoms with Crippen molar-refractivity contribution in [3.8, 4) is 17.2 Å². The van der Waals surface area contributed by atoms with E-state index in [0.29, 0.717) is 5.95 Å². The van der Waals surface area contributed by atoms with Crippen molar-refractivity contribution in [1.82, 2.24) is 14.5 Å². The smallest absolute Gasteiger partial charge is 0.235 e. The molecular formula is C44H25N3S. The van der Waals surface area contributed by atoms with Gasteiger partial charge in [0.25, 0.3) is 0 Å². The van der Waals surface area contributed by atoms with E-state index in [1.807, 2.05) is 0 Å². The predicted molar refractivity (Wildman–Crippen MR) is 205 cm³/mol. The van der Waals surface area contributed by atoms with Crippen molar-refractivity contribution in [1.29, 1.82) is 0 Å². The summed E-state index contributed by atoms with van der Waals surface area (Å²) in [4.78, 5) is 10.9. The van der Waals surface area contributed by atoms with E-state index in [1.54, 1.807) is 11.3 Å². The van der Waals surface area contributed by atoms with Crippen LogP contribution in [0.2, 0.25) is 0 Å². The maximum atomic E-state index is 5.50. The van der Waals surface area contributed by atoms with Crippen molar-refractivity contribution in [2.24, 2.45) is 0 Å². The van der Waals surface area contributed by atoms with Crippen LogP contribution in [-0.4, -0.2) is 14.5 Å². The molecule has 222 valence electrons. The Morgan fingerprint density at radius 2 is 1.00 bits per heavy atom. The fourth-order valence-electron chi connectivity index (χ4n) is 7.80. The molecule has 0 saturated carbocycles. The van der Waals surface area contributed by atoms with Crippen LogP contribution in [0.25, 0.3) is 102 Å². The van der Waals surface area contributed by atoms with Crippen LogP contribution < -0.4 is 0 Å². The molecule has 0 radical (unpaired) electrons. The quantitative estimate of drug-likeness (QED) is 0.179. The molecule has 0 spiro atoms. The van der Waals surface area contributed by atoms with E-state index in [4.69, 9.17) is 9.97 Å². The fourth-order valence-corrected chi connectivity index (χ4v) is 8.95. The topological polar surface area (TPSA) is 30.7 Å². The Bertz CT molecular complexity index is 3090. The number of hydrogen-bond acceptors (Lipinski definition) is 3. The molecule has 4 heteroatoms. The summed E-state index contributed by atoms with van der Waals surface area (Å²) in [6, 6.07) is 54.8. The van der Waals surface area contributed by atoms with Gasteiger partial charge in [0.05, 0.1) is 26.9 Å². The summed E-state index contributed by atoms with van der Waals surface area (Å²) in [6.07, 6.45) is 0. The minimum absolute atomic E-state index is 0.686. The van der Waals surface area contributed by atoms with E-state index in [-0.39, 0.29) is 0 Å². The van der Waals surface area contributed by atoms with Gasteiger partial charge in [0, 0.05) is 26.4 Å². The largest absolute Gasteiger partial charge is 0.278 e. The van der Waals surface area contributed by atoms with E-state index in [0.717, 1.165) is 37.9 Å². The minimum Gasteiger partial charge on any atom is -0.278 e. The Labute approximate surface area is 278 Å². The van der Waals surface area contributed by atoms with E-state index < -0.39 is 0 Å². The molecule has 0 saturated heterocycles. The molecular weight excluding hydrogens is 603 g/mol. The average molecular weight is 628 g/mol. The van der Waals surface area contributed by atoms with Crippen LogP contribution in [0.4, 0.5) is 0 Å². The molecule has 0 unspecified atom stereocenters. The van der Waals surface area contributed by atoms with Crippen molar-refractivity contribution < 1.29 is 0 Å². The molecule has 0 aliphatic carbocycles. The van der Waals surface area contributed by atoms with Gasteiger partial charge in [0.2, 0.25) is 5.95 Å². The van der Waals surface area contributed by atoms with Gasteiger partial charge in [-0.05, 0) is 73.4 Å². The zero-order valence-electron chi connectivity index (χ0n) is 25.7. The Morgan fingerprint density at radius 1 is 0.417 bits per heavy atom. The lowest BCUT2D eigenvalue weighted by atomic mass is 9.93. The van der Waals surface area contributed by atoms with E-state index in [1.165, 1.54) is 58.6 Å². The lowest BCUT2D eigenvalue weighted by Gasteiger charge is -2.13. The van der Waals surface area contributed by atoms with Crippen molar-refractivity contribution >= 4 is 96.5 Å². The Morgan fingerprint density at radius 3 is 1.75 bits per heavy atom. The zero-order valence-corrected chi connectivity index (χ0v) is 26.5. The first kappa shape index (κ1) is 26.0. The second-order valence-electron chi connectivity index (χ2n) is 12.6. The van der Waals surface area contributed by atoms with Crippen LogP contribution >= 0.6 is 11.3 Å². The third-order valence-electron chi connectivity index (χ3n) is 9.97. The molecule has 3 aromatic heterocycles. The van der Waals surface area contributed by atoms with E-state index in [9.17, 15) is 0 Å². The van der Waals surface area contributed by atoms with Gasteiger partial charge >= 0.3 is 0 Å². The highest BCUT2D eigenvalue weighted by Gasteiger charge is 2.21. The predicted octanol–water partition coefficient (Wildman–Crippen LogP) is 12.2. The number of aromatic nitrogens is 3. The number of hydrogen-bond donors (Lipinski definition) is 0. The van der Waals surface area contributed by atoms with Crippen molar-refractivity contribution in [2.75, 3.05) is 0 Å². The van der Waals surface area contributed by atoms with Crippen LogP contribution in [0.1, 0.15) is 0 Å². The minimum atomic E-state index is 0.686. The summed E-state index contributed by atoms with van der Waals surface area (Å²) in [5.41, 5.74) is 5.25. The number of nitrogens with zero attached hydrogens (tertiary/aromatic N) is 3. The molecule has 0 atom stereocenters. The van der Waals surface area contributed by atoms with Gasteiger partial charge in [-0.3, -0.25) is 4.57 Å². The second kappa shape index (κ2) is 9.71. The van der Waals surface area contributed by atoms with Gasteiger partial charge in [0.1, 0.15) is 0 Å². The van der Waals surface area contributed by atoms with Crippen LogP contribution in [0.15, 0.2) is 152 Å². The van der Waals surface area contributed by atoms with Crippen LogP contribution in [-0.2, 0) is 0 Å². The average Bonchev–Trinajstić information content (AvgIpc) is 3.69. The van der Waals surface area contributed by atoms with Gasteiger partial charge in [0.15, 0.2) is 0 Å². The molecule has 48 heavy (non-hydrogen) atoms. The molecule has 0 bridgehead atoms. The third kappa shape index (κ3) is 3.58. The summed E-state index contributed by atoms with van der Waals surface area (Å²) in [6.45, 7) is 0. The van der Waals surface area contributed by atoms with Crippen molar-refractivity contribution in [3.63, 3.8) is 0 Å². The highest BCUT2D eigenvalue weighted by molar-refractivity contribution is 7.26. The molecule has 0 N–H and O–H groups in total. The number of fused-ring (bicyclic) bond motifs is 13. The fraction of sp³-hybridized carbons (Fsp3) is 0. The first-order valence-corrected chi connectivity index (χ1v) is 17.1. The SMILES string of the molecule is c1ccc2cc3c(cc2c1)c1ccccc1n3-c1nc(-c2ccc3c4ccccc4c4ccccc4c3c2)c2sc3ccccc3c2n1. The standard InChI is InChI=1S/C44H25N3S/c1-2-12-27-25-39-37(23-26(27)11-1)34-17-7-9-19-38(34)47(39)44-45-41(43-42(46-44)35-18-8-10-20-40(35)48-43)28-21-22-33-31-15-4-3-13-29(31)30-14-5-6-16-32(30)36(33)24-28/h1-25H. The summed E-state index contributed by atoms with van der Waals surface area (Å²) < 4.78 is 4.58. The van der Waals surface area contributed by atoms with Gasteiger partial charge in [-0.1, -0.05) is 121 Å². The highest BCUT2D eigenvalue weighted by Crippen LogP contribution is 2.42. The number of benzene rings is 8. The monoisotopic (exact) mass is 627 g/mol. The summed E-state index contributed by atoms with van der Waals surface area (Å²) in [5, 5.41) is 13.5. The molecule has 11 rings (SSSR count). The molecule has 11 aromatic rings. The molecule has 3 heterocycles. The van der Waals surface area contributed by atoms with Crippen molar-refractivity contribution in [2.45, 2.75) is 0 Å². The van der Waals surface area contributed by atoms with E-state index in [2.05, 4.69) is 156 Å². The Balaban J connectivity index is 1.27. The van der Waals surface area contributed by atoms with Gasteiger partial charge in [-0.25, -0.2) is 9.97 Å². The molecule has 0 aliphatic heterocycles. The first-order valence-electron chi connectivity index (χ1n) is 16.3. The molecule has 0 aliphatic rings. The summed E-state index contributed by atoms with van der Waals surface area (Å²) in [7, 11) is 0. The number of thiophene rings is 1. The van der Waals surface area contributed by atoms with Gasteiger partial charge in [-0.2, -0.15) is 0 Å². The van der Waals surface area contributed by atoms with Crippen molar-refractivity contribution in [3.05, 3.63) is 152 Å². The maximum absolute atomic E-state index is 5.50. The normalized spacial score (nSPS) is 12.2. The molecule has 3 nitrogen and oxygen atoms in total. The molecule has 0 fully saturated rings. The molecule has 8 aromatic carbocycles. The van der Waals surface area contributed by atoms with Crippen LogP contribution in [0, 0.1) is 0 Å². The first-order chi connectivity index (χ1) is 23.8. The van der Waals surface area contributed by atoms with Crippen LogP contribution in [0.3, 0.4) is 0 Å². The second-order valence-corrected chi connectivity index (χ2v) is 13.6. The van der Waals surface area contributed by atoms with E-state index >= 15 is 0 Å². The number of para-hydroxylation sites is 1. The summed E-state index contributed by atoms with van der Waals surface area (Å²) in [5.74, 6) is 0.686. The Hall–Kier alpha value is -6.10. The van der Waals surface area contributed by atoms with Crippen LogP contribution in [0.5, 0.6) is 0 Å². The number of rotatable bonds is 2.